The van der Waals surface area contributed by atoms with E-state index in [9.17, 15) is 0 Å². The normalized spacial score (nSPS) is 25.1. The van der Waals surface area contributed by atoms with E-state index in [0.717, 1.165) is 61.6 Å². The van der Waals surface area contributed by atoms with E-state index in [-0.39, 0.29) is 0 Å². The van der Waals surface area contributed by atoms with Gasteiger partial charge in [-0.05, 0) is 32.6 Å². The van der Waals surface area contributed by atoms with Crippen LogP contribution in [0.2, 0.25) is 0 Å². The standard InChI is InChI=1S/C23H33N9O/c1-16-12-21(29-28-16)25-20-15-22(31-8-10-33-11-9-31)27-23(26-20)30(2)19-13-17-4-5-18(14-19)32(17)7-3-6-24/h12,15,17-19H,3-5,7-11,13-14H2,1-2H3,(H2,25,26,27,28,29)/t17-,18+,19-. The summed E-state index contributed by atoms with van der Waals surface area (Å²) in [6, 6.07) is 7.77. The van der Waals surface area contributed by atoms with Crippen molar-refractivity contribution in [2.24, 2.45) is 0 Å². The minimum absolute atomic E-state index is 0.390. The van der Waals surface area contributed by atoms with Crippen molar-refractivity contribution in [1.82, 2.24) is 25.1 Å². The summed E-state index contributed by atoms with van der Waals surface area (Å²) in [5.41, 5.74) is 0.996. The van der Waals surface area contributed by atoms with Gasteiger partial charge in [-0.3, -0.25) is 10.00 Å². The molecule has 3 aliphatic rings. The average Bonchev–Trinajstić information content (AvgIpc) is 3.34. The summed E-state index contributed by atoms with van der Waals surface area (Å²) in [7, 11) is 2.12. The monoisotopic (exact) mass is 451 g/mol. The van der Waals surface area contributed by atoms with Gasteiger partial charge in [0.05, 0.1) is 19.3 Å². The van der Waals surface area contributed by atoms with Crippen molar-refractivity contribution in [1.29, 1.82) is 5.26 Å². The van der Waals surface area contributed by atoms with Crippen molar-refractivity contribution in [2.75, 3.05) is 55.0 Å². The highest BCUT2D eigenvalue weighted by molar-refractivity contribution is 5.60. The molecule has 2 aromatic rings. The molecule has 3 aliphatic heterocycles. The molecule has 0 aliphatic carbocycles. The molecule has 5 rings (SSSR count). The van der Waals surface area contributed by atoms with Gasteiger partial charge in [-0.2, -0.15) is 20.3 Å². The van der Waals surface area contributed by atoms with Gasteiger partial charge in [-0.15, -0.1) is 0 Å². The molecule has 10 heteroatoms. The number of ether oxygens (including phenoxy) is 1. The summed E-state index contributed by atoms with van der Waals surface area (Å²) in [6.07, 6.45) is 5.23. The fourth-order valence-corrected chi connectivity index (χ4v) is 5.48. The number of fused-ring (bicyclic) bond motifs is 2. The Labute approximate surface area is 194 Å². The molecule has 3 saturated heterocycles. The van der Waals surface area contributed by atoms with Crippen LogP contribution in [0.15, 0.2) is 12.1 Å². The van der Waals surface area contributed by atoms with Crippen molar-refractivity contribution in [3.63, 3.8) is 0 Å². The quantitative estimate of drug-likeness (QED) is 0.656. The minimum atomic E-state index is 0.390. The zero-order chi connectivity index (χ0) is 22.8. The van der Waals surface area contributed by atoms with Crippen LogP contribution in [-0.2, 0) is 4.74 Å². The predicted molar refractivity (Wildman–Crippen MR) is 127 cm³/mol. The van der Waals surface area contributed by atoms with E-state index in [4.69, 9.17) is 20.0 Å². The summed E-state index contributed by atoms with van der Waals surface area (Å²) in [4.78, 5) is 16.9. The summed E-state index contributed by atoms with van der Waals surface area (Å²) in [6.45, 7) is 5.93. The molecule has 2 bridgehead atoms. The van der Waals surface area contributed by atoms with Crippen LogP contribution in [0.3, 0.4) is 0 Å². The first-order valence-electron chi connectivity index (χ1n) is 12.0. The Kier molecular flexibility index (Phi) is 6.33. The number of aromatic amines is 1. The highest BCUT2D eigenvalue weighted by Crippen LogP contribution is 2.38. The molecule has 0 aromatic carbocycles. The first kappa shape index (κ1) is 21.9. The molecule has 3 atom stereocenters. The highest BCUT2D eigenvalue weighted by Gasteiger charge is 2.42. The molecule has 176 valence electrons. The number of aryl methyl sites for hydroxylation is 1. The van der Waals surface area contributed by atoms with Crippen LogP contribution in [0.5, 0.6) is 0 Å². The number of nitriles is 1. The smallest absolute Gasteiger partial charge is 0.229 e. The van der Waals surface area contributed by atoms with E-state index in [0.29, 0.717) is 37.8 Å². The number of aromatic nitrogens is 4. The number of rotatable bonds is 7. The number of hydrogen-bond acceptors (Lipinski definition) is 9. The lowest BCUT2D eigenvalue weighted by molar-refractivity contribution is 0.122. The van der Waals surface area contributed by atoms with Crippen LogP contribution in [0.4, 0.5) is 23.4 Å². The number of morpholine rings is 1. The first-order valence-corrected chi connectivity index (χ1v) is 12.0. The maximum absolute atomic E-state index is 9.02. The SMILES string of the molecule is Cc1cc(Nc2cc(N3CCOCC3)nc(N(C)[C@@H]3C[C@H]4CC[C@@H](C3)N4CCC#N)n2)n[nH]1. The number of anilines is 4. The number of H-pyrrole nitrogens is 1. The Morgan fingerprint density at radius 2 is 1.94 bits per heavy atom. The highest BCUT2D eigenvalue weighted by atomic mass is 16.5. The molecule has 0 saturated carbocycles. The van der Waals surface area contributed by atoms with Crippen LogP contribution in [0, 0.1) is 18.3 Å². The van der Waals surface area contributed by atoms with Crippen molar-refractivity contribution < 1.29 is 4.74 Å². The molecular formula is C23H33N9O. The first-order chi connectivity index (χ1) is 16.1. The molecule has 0 spiro atoms. The van der Waals surface area contributed by atoms with Crippen LogP contribution in [0.25, 0.3) is 0 Å². The molecule has 0 amide bonds. The van der Waals surface area contributed by atoms with Crippen LogP contribution in [0.1, 0.15) is 37.8 Å². The predicted octanol–water partition coefficient (Wildman–Crippen LogP) is 2.43. The van der Waals surface area contributed by atoms with Gasteiger partial charge in [0, 0.05) is 69.1 Å². The van der Waals surface area contributed by atoms with Gasteiger partial charge < -0.3 is 19.9 Å². The number of nitrogens with one attached hydrogen (secondary N) is 2. The number of hydrogen-bond donors (Lipinski definition) is 2. The van der Waals surface area contributed by atoms with Gasteiger partial charge in [0.2, 0.25) is 5.95 Å². The molecule has 0 unspecified atom stereocenters. The molecule has 5 heterocycles. The molecule has 3 fully saturated rings. The van der Waals surface area contributed by atoms with Crippen LogP contribution >= 0.6 is 0 Å². The van der Waals surface area contributed by atoms with Gasteiger partial charge in [-0.25, -0.2) is 0 Å². The lowest BCUT2D eigenvalue weighted by Crippen LogP contribution is -2.50. The lowest BCUT2D eigenvalue weighted by atomic mass is 9.96. The van der Waals surface area contributed by atoms with Gasteiger partial charge >= 0.3 is 0 Å². The molecule has 0 radical (unpaired) electrons. The van der Waals surface area contributed by atoms with E-state index in [1.807, 2.05) is 19.1 Å². The summed E-state index contributed by atoms with van der Waals surface area (Å²) >= 11 is 0. The Morgan fingerprint density at radius 3 is 2.61 bits per heavy atom. The van der Waals surface area contributed by atoms with Crippen LogP contribution in [-0.4, -0.2) is 83.1 Å². The lowest BCUT2D eigenvalue weighted by Gasteiger charge is -2.42. The van der Waals surface area contributed by atoms with Crippen molar-refractivity contribution in [3.8, 4) is 6.07 Å². The van der Waals surface area contributed by atoms with Crippen molar-refractivity contribution >= 4 is 23.4 Å². The maximum atomic E-state index is 9.02. The van der Waals surface area contributed by atoms with Crippen LogP contribution < -0.4 is 15.1 Å². The summed E-state index contributed by atoms with van der Waals surface area (Å²) in [5.74, 6) is 3.15. The summed E-state index contributed by atoms with van der Waals surface area (Å²) < 4.78 is 5.54. The topological polar surface area (TPSA) is 109 Å². The molecule has 2 aromatic heterocycles. The van der Waals surface area contributed by atoms with E-state index >= 15 is 0 Å². The molecule has 10 nitrogen and oxygen atoms in total. The summed E-state index contributed by atoms with van der Waals surface area (Å²) in [5, 5.41) is 19.6. The second-order valence-corrected chi connectivity index (χ2v) is 9.34. The van der Waals surface area contributed by atoms with Gasteiger partial charge in [0.15, 0.2) is 5.82 Å². The third kappa shape index (κ3) is 4.75. The fourth-order valence-electron chi connectivity index (χ4n) is 5.48. The van der Waals surface area contributed by atoms with Gasteiger partial charge in [0.25, 0.3) is 0 Å². The fraction of sp³-hybridized carbons (Fsp3) is 0.652. The van der Waals surface area contributed by atoms with Gasteiger partial charge in [-0.1, -0.05) is 0 Å². The van der Waals surface area contributed by atoms with E-state index in [1.165, 1.54) is 12.8 Å². The number of piperidine rings is 1. The zero-order valence-electron chi connectivity index (χ0n) is 19.5. The third-order valence-electron chi connectivity index (χ3n) is 7.20. The second-order valence-electron chi connectivity index (χ2n) is 9.34. The Hall–Kier alpha value is -2.90. The van der Waals surface area contributed by atoms with E-state index < -0.39 is 0 Å². The molecule has 33 heavy (non-hydrogen) atoms. The maximum Gasteiger partial charge on any atom is 0.229 e. The zero-order valence-corrected chi connectivity index (χ0v) is 19.5. The van der Waals surface area contributed by atoms with E-state index in [1.54, 1.807) is 0 Å². The van der Waals surface area contributed by atoms with Crippen molar-refractivity contribution in [2.45, 2.75) is 57.2 Å². The second kappa shape index (κ2) is 9.53. The number of nitrogens with zero attached hydrogens (tertiary/aromatic N) is 7. The minimum Gasteiger partial charge on any atom is -0.378 e. The third-order valence-corrected chi connectivity index (χ3v) is 7.20. The van der Waals surface area contributed by atoms with Gasteiger partial charge in [0.1, 0.15) is 11.6 Å². The van der Waals surface area contributed by atoms with Crippen molar-refractivity contribution in [3.05, 3.63) is 17.8 Å². The average molecular weight is 452 g/mol. The largest absolute Gasteiger partial charge is 0.378 e. The Morgan fingerprint density at radius 1 is 1.18 bits per heavy atom. The Balaban J connectivity index is 1.38. The van der Waals surface area contributed by atoms with E-state index in [2.05, 4.69) is 43.3 Å². The molecular weight excluding hydrogens is 418 g/mol. The Bertz CT molecular complexity index is 982. The molecule has 2 N–H and O–H groups in total.